The molecule has 1 unspecified atom stereocenters. The van der Waals surface area contributed by atoms with Gasteiger partial charge in [0.15, 0.2) is 0 Å². The second-order valence-corrected chi connectivity index (χ2v) is 5.54. The van der Waals surface area contributed by atoms with Crippen molar-refractivity contribution in [2.45, 2.75) is 32.3 Å². The third-order valence-corrected chi connectivity index (χ3v) is 4.10. The van der Waals surface area contributed by atoms with Crippen molar-refractivity contribution in [3.63, 3.8) is 0 Å². The van der Waals surface area contributed by atoms with Gasteiger partial charge in [0, 0.05) is 12.1 Å². The fourth-order valence-electron chi connectivity index (χ4n) is 2.49. The Morgan fingerprint density at radius 1 is 0.826 bits per heavy atom. The van der Waals surface area contributed by atoms with Crippen LogP contribution in [0.5, 0.6) is 5.75 Å². The van der Waals surface area contributed by atoms with Crippen LogP contribution in [0.3, 0.4) is 0 Å². The number of hydrogen-bond acceptors (Lipinski definition) is 2. The molecule has 0 aromatic heterocycles. The third-order valence-electron chi connectivity index (χ3n) is 4.10. The molecular weight excluding hydrogens is 303 g/mol. The standard InChI is InChI=1S/C18H20F3NO/c1-13(15-7-5-4-6-8-15)22(3)14(2)16-9-11-17(12-10-16)23-18(19,20)21/h4-14H,1-3H3/t13-,14?/m1/s1. The molecule has 2 nitrogen and oxygen atoms in total. The van der Waals surface area contributed by atoms with Crippen LogP contribution in [0.4, 0.5) is 13.2 Å². The van der Waals surface area contributed by atoms with Gasteiger partial charge in [0.05, 0.1) is 0 Å². The van der Waals surface area contributed by atoms with E-state index in [9.17, 15) is 13.2 Å². The molecule has 124 valence electrons. The quantitative estimate of drug-likeness (QED) is 0.736. The summed E-state index contributed by atoms with van der Waals surface area (Å²) in [6, 6.07) is 16.4. The lowest BCUT2D eigenvalue weighted by atomic mass is 10.0. The molecule has 0 spiro atoms. The number of rotatable bonds is 5. The molecule has 23 heavy (non-hydrogen) atoms. The van der Waals surface area contributed by atoms with Gasteiger partial charge >= 0.3 is 6.36 Å². The Bertz CT molecular complexity index is 610. The molecule has 2 atom stereocenters. The molecule has 0 bridgehead atoms. The number of halogens is 3. The summed E-state index contributed by atoms with van der Waals surface area (Å²) in [5.41, 5.74) is 2.13. The van der Waals surface area contributed by atoms with Gasteiger partial charge in [-0.15, -0.1) is 13.2 Å². The van der Waals surface area contributed by atoms with Crippen LogP contribution >= 0.6 is 0 Å². The maximum Gasteiger partial charge on any atom is 0.573 e. The lowest BCUT2D eigenvalue weighted by molar-refractivity contribution is -0.274. The molecule has 0 N–H and O–H groups in total. The number of alkyl halides is 3. The van der Waals surface area contributed by atoms with E-state index in [2.05, 4.69) is 28.7 Å². The van der Waals surface area contributed by atoms with Gasteiger partial charge in [-0.3, -0.25) is 4.90 Å². The summed E-state index contributed by atoms with van der Waals surface area (Å²) in [5.74, 6) is -0.202. The molecule has 0 aliphatic heterocycles. The SMILES string of the molecule is CC(c1ccc(OC(F)(F)F)cc1)N(C)[C@H](C)c1ccccc1. The number of benzene rings is 2. The highest BCUT2D eigenvalue weighted by Gasteiger charge is 2.31. The largest absolute Gasteiger partial charge is 0.573 e. The van der Waals surface area contributed by atoms with Gasteiger partial charge in [0.2, 0.25) is 0 Å². The second-order valence-electron chi connectivity index (χ2n) is 5.54. The van der Waals surface area contributed by atoms with Crippen LogP contribution < -0.4 is 4.74 Å². The zero-order chi connectivity index (χ0) is 17.0. The van der Waals surface area contributed by atoms with Crippen molar-refractivity contribution < 1.29 is 17.9 Å². The average molecular weight is 323 g/mol. The van der Waals surface area contributed by atoms with Gasteiger partial charge in [-0.05, 0) is 44.2 Å². The molecule has 2 aromatic carbocycles. The highest BCUT2D eigenvalue weighted by atomic mass is 19.4. The monoisotopic (exact) mass is 323 g/mol. The first-order valence-corrected chi connectivity index (χ1v) is 7.40. The van der Waals surface area contributed by atoms with Crippen molar-refractivity contribution in [2.24, 2.45) is 0 Å². The van der Waals surface area contributed by atoms with Gasteiger partial charge in [0.25, 0.3) is 0 Å². The Morgan fingerprint density at radius 2 is 1.30 bits per heavy atom. The first kappa shape index (κ1) is 17.3. The van der Waals surface area contributed by atoms with E-state index >= 15 is 0 Å². The summed E-state index contributed by atoms with van der Waals surface area (Å²) in [6.07, 6.45) is -4.66. The molecule has 0 aliphatic carbocycles. The van der Waals surface area contributed by atoms with Crippen LogP contribution in [0, 0.1) is 0 Å². The van der Waals surface area contributed by atoms with Gasteiger partial charge < -0.3 is 4.74 Å². The summed E-state index contributed by atoms with van der Waals surface area (Å²) >= 11 is 0. The van der Waals surface area contributed by atoms with Crippen LogP contribution in [0.15, 0.2) is 54.6 Å². The Hall–Kier alpha value is -2.01. The molecule has 0 fully saturated rings. The normalized spacial score (nSPS) is 14.6. The maximum atomic E-state index is 12.2. The Kier molecular flexibility index (Phi) is 5.31. The van der Waals surface area contributed by atoms with Crippen molar-refractivity contribution in [3.05, 3.63) is 65.7 Å². The zero-order valence-electron chi connectivity index (χ0n) is 13.3. The Labute approximate surface area is 134 Å². The summed E-state index contributed by atoms with van der Waals surface area (Å²) in [4.78, 5) is 2.18. The van der Waals surface area contributed by atoms with Crippen molar-refractivity contribution in [3.8, 4) is 5.75 Å². The molecule has 0 amide bonds. The van der Waals surface area contributed by atoms with Crippen LogP contribution in [-0.2, 0) is 0 Å². The number of ether oxygens (including phenoxy) is 1. The molecule has 2 aromatic rings. The maximum absolute atomic E-state index is 12.2. The minimum atomic E-state index is -4.66. The van der Waals surface area contributed by atoms with E-state index < -0.39 is 6.36 Å². The summed E-state index contributed by atoms with van der Waals surface area (Å²) < 4.78 is 40.5. The molecule has 0 aliphatic rings. The molecular formula is C18H20F3NO. The molecule has 0 saturated heterocycles. The van der Waals surface area contributed by atoms with Crippen LogP contribution in [0.2, 0.25) is 0 Å². The van der Waals surface area contributed by atoms with Gasteiger partial charge in [-0.1, -0.05) is 42.5 Å². The van der Waals surface area contributed by atoms with E-state index in [1.54, 1.807) is 12.1 Å². The average Bonchev–Trinajstić information content (AvgIpc) is 2.53. The van der Waals surface area contributed by atoms with Crippen molar-refractivity contribution in [1.29, 1.82) is 0 Å². The molecule has 0 heterocycles. The van der Waals surface area contributed by atoms with Crippen molar-refractivity contribution >= 4 is 0 Å². The first-order valence-electron chi connectivity index (χ1n) is 7.40. The number of hydrogen-bond donors (Lipinski definition) is 0. The molecule has 0 saturated carbocycles. The highest BCUT2D eigenvalue weighted by molar-refractivity contribution is 5.29. The van der Waals surface area contributed by atoms with E-state index in [-0.39, 0.29) is 17.8 Å². The minimum absolute atomic E-state index is 0.0603. The van der Waals surface area contributed by atoms with Gasteiger partial charge in [-0.2, -0.15) is 0 Å². The summed E-state index contributed by atoms with van der Waals surface area (Å²) in [7, 11) is 2.00. The van der Waals surface area contributed by atoms with Crippen LogP contribution in [-0.4, -0.2) is 18.3 Å². The topological polar surface area (TPSA) is 12.5 Å². The smallest absolute Gasteiger partial charge is 0.406 e. The van der Waals surface area contributed by atoms with Gasteiger partial charge in [-0.25, -0.2) is 0 Å². The molecule has 2 rings (SSSR count). The fourth-order valence-corrected chi connectivity index (χ4v) is 2.49. The van der Waals surface area contributed by atoms with E-state index in [1.807, 2.05) is 32.2 Å². The molecule has 0 radical (unpaired) electrons. The van der Waals surface area contributed by atoms with Crippen LogP contribution in [0.25, 0.3) is 0 Å². The van der Waals surface area contributed by atoms with Gasteiger partial charge in [0.1, 0.15) is 5.75 Å². The lowest BCUT2D eigenvalue weighted by Crippen LogP contribution is -2.25. The Balaban J connectivity index is 2.09. The van der Waals surface area contributed by atoms with Crippen molar-refractivity contribution in [2.75, 3.05) is 7.05 Å². The van der Waals surface area contributed by atoms with E-state index in [0.29, 0.717) is 0 Å². The Morgan fingerprint density at radius 3 is 1.78 bits per heavy atom. The lowest BCUT2D eigenvalue weighted by Gasteiger charge is -2.31. The van der Waals surface area contributed by atoms with Crippen LogP contribution in [0.1, 0.15) is 37.1 Å². The van der Waals surface area contributed by atoms with E-state index in [1.165, 1.54) is 17.7 Å². The zero-order valence-corrected chi connectivity index (χ0v) is 13.3. The van der Waals surface area contributed by atoms with Crippen molar-refractivity contribution in [1.82, 2.24) is 4.90 Å². The highest BCUT2D eigenvalue weighted by Crippen LogP contribution is 2.30. The fraction of sp³-hybridized carbons (Fsp3) is 0.333. The number of nitrogens with zero attached hydrogens (tertiary/aromatic N) is 1. The van der Waals surface area contributed by atoms with E-state index in [4.69, 9.17) is 0 Å². The minimum Gasteiger partial charge on any atom is -0.406 e. The second kappa shape index (κ2) is 7.04. The predicted octanol–water partition coefficient (Wildman–Crippen LogP) is 5.34. The van der Waals surface area contributed by atoms with E-state index in [0.717, 1.165) is 5.56 Å². The molecule has 5 heteroatoms. The third kappa shape index (κ3) is 4.73. The predicted molar refractivity (Wildman–Crippen MR) is 84.2 cm³/mol. The summed E-state index contributed by atoms with van der Waals surface area (Å²) in [6.45, 7) is 4.13. The summed E-state index contributed by atoms with van der Waals surface area (Å²) in [5, 5.41) is 0. The first-order chi connectivity index (χ1) is 10.8.